The highest BCUT2D eigenvalue weighted by atomic mass is 19.1. The molecule has 0 spiro atoms. The smallest absolute Gasteiger partial charge is 0.309 e. The van der Waals surface area contributed by atoms with Gasteiger partial charge in [-0.05, 0) is 12.5 Å². The topological polar surface area (TPSA) is 26.3 Å². The molecular formula is C11H13FO2. The minimum Gasteiger partial charge on any atom is -0.466 e. The van der Waals surface area contributed by atoms with Crippen LogP contribution in [0.5, 0.6) is 0 Å². The van der Waals surface area contributed by atoms with E-state index in [1.807, 2.05) is 0 Å². The molecule has 0 aliphatic carbocycles. The maximum Gasteiger partial charge on any atom is 0.309 e. The standard InChI is InChI=1S/C11H13FO2/c1-2-14-11(13)8-10(12)9-6-4-3-5-7-9/h3-7,10H,2,8H2,1H3. The first-order chi connectivity index (χ1) is 6.74. The van der Waals surface area contributed by atoms with Crippen molar-refractivity contribution < 1.29 is 13.9 Å². The molecule has 0 heterocycles. The number of rotatable bonds is 4. The van der Waals surface area contributed by atoms with E-state index in [9.17, 15) is 9.18 Å². The summed E-state index contributed by atoms with van der Waals surface area (Å²) in [5.41, 5.74) is 0.514. The molecule has 2 nitrogen and oxygen atoms in total. The third kappa shape index (κ3) is 3.17. The molecule has 0 saturated carbocycles. The number of ether oxygens (including phenoxy) is 1. The molecule has 76 valence electrons. The number of alkyl halides is 1. The van der Waals surface area contributed by atoms with Gasteiger partial charge in [-0.1, -0.05) is 30.3 Å². The maximum absolute atomic E-state index is 13.4. The first-order valence-electron chi connectivity index (χ1n) is 4.58. The highest BCUT2D eigenvalue weighted by molar-refractivity contribution is 5.70. The molecule has 0 aliphatic heterocycles. The molecule has 1 unspecified atom stereocenters. The van der Waals surface area contributed by atoms with Crippen LogP contribution in [0.3, 0.4) is 0 Å². The summed E-state index contributed by atoms with van der Waals surface area (Å²) in [7, 11) is 0. The summed E-state index contributed by atoms with van der Waals surface area (Å²) in [4.78, 5) is 11.0. The zero-order valence-electron chi connectivity index (χ0n) is 8.07. The van der Waals surface area contributed by atoms with Crippen LogP contribution in [-0.2, 0) is 9.53 Å². The first-order valence-corrected chi connectivity index (χ1v) is 4.58. The summed E-state index contributed by atoms with van der Waals surface area (Å²) in [6.45, 7) is 1.99. The van der Waals surface area contributed by atoms with Crippen LogP contribution in [0.2, 0.25) is 0 Å². The lowest BCUT2D eigenvalue weighted by Crippen LogP contribution is -2.07. The number of hydrogen-bond donors (Lipinski definition) is 0. The van der Waals surface area contributed by atoms with E-state index in [2.05, 4.69) is 4.74 Å². The summed E-state index contributed by atoms with van der Waals surface area (Å²) in [6, 6.07) is 8.61. The van der Waals surface area contributed by atoms with E-state index >= 15 is 0 Å². The zero-order chi connectivity index (χ0) is 10.4. The Hall–Kier alpha value is -1.38. The minimum atomic E-state index is -1.27. The summed E-state index contributed by atoms with van der Waals surface area (Å²) in [6.07, 6.45) is -1.48. The van der Waals surface area contributed by atoms with Gasteiger partial charge >= 0.3 is 5.97 Å². The Kier molecular flexibility index (Phi) is 4.11. The molecule has 0 saturated heterocycles. The van der Waals surface area contributed by atoms with Gasteiger partial charge in [-0.15, -0.1) is 0 Å². The molecule has 0 fully saturated rings. The van der Waals surface area contributed by atoms with Crippen LogP contribution in [-0.4, -0.2) is 12.6 Å². The predicted molar refractivity (Wildman–Crippen MR) is 51.5 cm³/mol. The van der Waals surface area contributed by atoms with Crippen molar-refractivity contribution >= 4 is 5.97 Å². The number of halogens is 1. The molecule has 0 N–H and O–H groups in total. The van der Waals surface area contributed by atoms with Crippen molar-refractivity contribution in [3.05, 3.63) is 35.9 Å². The largest absolute Gasteiger partial charge is 0.466 e. The van der Waals surface area contributed by atoms with Crippen molar-refractivity contribution in [3.63, 3.8) is 0 Å². The van der Waals surface area contributed by atoms with Crippen molar-refractivity contribution in [1.82, 2.24) is 0 Å². The number of benzene rings is 1. The summed E-state index contributed by atoms with van der Waals surface area (Å²) < 4.78 is 18.1. The summed E-state index contributed by atoms with van der Waals surface area (Å²) in [5.74, 6) is -0.496. The Morgan fingerprint density at radius 3 is 2.64 bits per heavy atom. The van der Waals surface area contributed by atoms with Crippen LogP contribution in [0.25, 0.3) is 0 Å². The third-order valence-electron chi connectivity index (χ3n) is 1.81. The van der Waals surface area contributed by atoms with Crippen molar-refractivity contribution in [2.45, 2.75) is 19.5 Å². The summed E-state index contributed by atoms with van der Waals surface area (Å²) >= 11 is 0. The molecule has 1 aromatic rings. The molecule has 0 bridgehead atoms. The Morgan fingerprint density at radius 2 is 2.07 bits per heavy atom. The maximum atomic E-state index is 13.4. The molecule has 0 radical (unpaired) electrons. The predicted octanol–water partition coefficient (Wildman–Crippen LogP) is 2.65. The van der Waals surface area contributed by atoms with Gasteiger partial charge in [-0.25, -0.2) is 4.39 Å². The highest BCUT2D eigenvalue weighted by Crippen LogP contribution is 2.20. The second-order valence-electron chi connectivity index (χ2n) is 2.89. The lowest BCUT2D eigenvalue weighted by Gasteiger charge is -2.07. The van der Waals surface area contributed by atoms with Gasteiger partial charge in [-0.3, -0.25) is 4.79 Å². The van der Waals surface area contributed by atoms with Gasteiger partial charge in [0.05, 0.1) is 13.0 Å². The zero-order valence-corrected chi connectivity index (χ0v) is 8.07. The van der Waals surface area contributed by atoms with Gasteiger partial charge < -0.3 is 4.74 Å². The number of hydrogen-bond acceptors (Lipinski definition) is 2. The summed E-state index contributed by atoms with van der Waals surface area (Å²) in [5, 5.41) is 0. The average Bonchev–Trinajstić information content (AvgIpc) is 2.19. The molecule has 0 amide bonds. The van der Waals surface area contributed by atoms with E-state index in [0.717, 1.165) is 0 Å². The van der Waals surface area contributed by atoms with Crippen molar-refractivity contribution in [1.29, 1.82) is 0 Å². The molecular weight excluding hydrogens is 183 g/mol. The second kappa shape index (κ2) is 5.37. The van der Waals surface area contributed by atoms with Gasteiger partial charge in [0.25, 0.3) is 0 Å². The molecule has 1 aromatic carbocycles. The van der Waals surface area contributed by atoms with Crippen LogP contribution in [0, 0.1) is 0 Å². The van der Waals surface area contributed by atoms with Crippen LogP contribution in [0.15, 0.2) is 30.3 Å². The molecule has 14 heavy (non-hydrogen) atoms. The number of carbonyl (C=O) groups excluding carboxylic acids is 1. The van der Waals surface area contributed by atoms with Crippen molar-refractivity contribution in [2.75, 3.05) is 6.61 Å². The molecule has 3 heteroatoms. The molecule has 1 atom stereocenters. The Morgan fingerprint density at radius 1 is 1.43 bits per heavy atom. The second-order valence-corrected chi connectivity index (χ2v) is 2.89. The van der Waals surface area contributed by atoms with Gasteiger partial charge in [0.1, 0.15) is 6.17 Å². The number of esters is 1. The van der Waals surface area contributed by atoms with E-state index in [-0.39, 0.29) is 6.42 Å². The van der Waals surface area contributed by atoms with Gasteiger partial charge in [0.2, 0.25) is 0 Å². The quantitative estimate of drug-likeness (QED) is 0.692. The van der Waals surface area contributed by atoms with Crippen LogP contribution in [0.4, 0.5) is 4.39 Å². The fourth-order valence-corrected chi connectivity index (χ4v) is 1.15. The first kappa shape index (κ1) is 10.7. The van der Waals surface area contributed by atoms with E-state index in [4.69, 9.17) is 0 Å². The molecule has 0 aliphatic rings. The van der Waals surface area contributed by atoms with Crippen LogP contribution in [0.1, 0.15) is 25.1 Å². The van der Waals surface area contributed by atoms with Gasteiger partial charge in [0.15, 0.2) is 0 Å². The SMILES string of the molecule is CCOC(=O)CC(F)c1ccccc1. The van der Waals surface area contributed by atoms with Crippen LogP contribution < -0.4 is 0 Å². The van der Waals surface area contributed by atoms with E-state index in [0.29, 0.717) is 12.2 Å². The third-order valence-corrected chi connectivity index (χ3v) is 1.81. The van der Waals surface area contributed by atoms with Gasteiger partial charge in [-0.2, -0.15) is 0 Å². The lowest BCUT2D eigenvalue weighted by molar-refractivity contribution is -0.144. The minimum absolute atomic E-state index is 0.210. The lowest BCUT2D eigenvalue weighted by atomic mass is 10.1. The average molecular weight is 196 g/mol. The fraction of sp³-hybridized carbons (Fsp3) is 0.364. The van der Waals surface area contributed by atoms with E-state index in [1.54, 1.807) is 37.3 Å². The monoisotopic (exact) mass is 196 g/mol. The Labute approximate surface area is 82.7 Å². The molecule has 0 aromatic heterocycles. The fourth-order valence-electron chi connectivity index (χ4n) is 1.15. The van der Waals surface area contributed by atoms with Crippen LogP contribution >= 0.6 is 0 Å². The Balaban J connectivity index is 2.50. The van der Waals surface area contributed by atoms with Gasteiger partial charge in [0, 0.05) is 0 Å². The molecule has 1 rings (SSSR count). The Bertz CT molecular complexity index is 285. The normalized spacial score (nSPS) is 12.1. The number of carbonyl (C=O) groups is 1. The highest BCUT2D eigenvalue weighted by Gasteiger charge is 2.14. The van der Waals surface area contributed by atoms with Crippen molar-refractivity contribution in [2.24, 2.45) is 0 Å². The van der Waals surface area contributed by atoms with E-state index < -0.39 is 12.1 Å². The van der Waals surface area contributed by atoms with Crippen molar-refractivity contribution in [3.8, 4) is 0 Å². The van der Waals surface area contributed by atoms with E-state index in [1.165, 1.54) is 0 Å².